The molecule has 1 unspecified atom stereocenters. The lowest BCUT2D eigenvalue weighted by Crippen LogP contribution is -2.48. The van der Waals surface area contributed by atoms with Crippen LogP contribution in [-0.4, -0.2) is 65.7 Å². The van der Waals surface area contributed by atoms with Crippen molar-refractivity contribution in [1.82, 2.24) is 20.1 Å². The maximum absolute atomic E-state index is 12.4. The summed E-state index contributed by atoms with van der Waals surface area (Å²) in [5.74, 6) is 0.262. The zero-order valence-electron chi connectivity index (χ0n) is 16.9. The molecule has 2 heterocycles. The standard InChI is InChI=1S/C20H32N4O3/c1-20(2,3)27-19(26)23(4)14-16-8-7-13-24(15-16)18(25)22-12-10-17-9-5-6-11-21-17/h5-6,9,11,16H,7-8,10,12-15H2,1-4H3,(H,22,25). The third-order valence-corrected chi connectivity index (χ3v) is 4.43. The summed E-state index contributed by atoms with van der Waals surface area (Å²) in [5, 5.41) is 2.97. The molecule has 1 atom stereocenters. The Kier molecular flexibility index (Phi) is 7.45. The molecule has 1 fully saturated rings. The summed E-state index contributed by atoms with van der Waals surface area (Å²) in [5.41, 5.74) is 0.463. The Morgan fingerprint density at radius 1 is 1.37 bits per heavy atom. The second-order valence-electron chi connectivity index (χ2n) is 8.12. The van der Waals surface area contributed by atoms with Crippen LogP contribution in [0.25, 0.3) is 0 Å². The molecule has 3 amide bonds. The van der Waals surface area contributed by atoms with Crippen LogP contribution in [0.3, 0.4) is 0 Å². The van der Waals surface area contributed by atoms with Crippen LogP contribution >= 0.6 is 0 Å². The molecule has 1 aliphatic rings. The Hall–Kier alpha value is -2.31. The fourth-order valence-corrected chi connectivity index (χ4v) is 3.16. The Labute approximate surface area is 162 Å². The van der Waals surface area contributed by atoms with Gasteiger partial charge in [-0.25, -0.2) is 9.59 Å². The van der Waals surface area contributed by atoms with E-state index in [4.69, 9.17) is 4.74 Å². The van der Waals surface area contributed by atoms with Gasteiger partial charge in [-0.1, -0.05) is 6.07 Å². The number of aromatic nitrogens is 1. The molecule has 27 heavy (non-hydrogen) atoms. The number of piperidine rings is 1. The largest absolute Gasteiger partial charge is 0.444 e. The molecule has 1 N–H and O–H groups in total. The quantitative estimate of drug-likeness (QED) is 0.857. The highest BCUT2D eigenvalue weighted by atomic mass is 16.6. The van der Waals surface area contributed by atoms with Gasteiger partial charge in [0, 0.05) is 51.5 Å². The summed E-state index contributed by atoms with van der Waals surface area (Å²) in [4.78, 5) is 32.3. The lowest BCUT2D eigenvalue weighted by molar-refractivity contribution is 0.0252. The molecule has 0 saturated carbocycles. The molecule has 2 rings (SSSR count). The molecule has 7 heteroatoms. The summed E-state index contributed by atoms with van der Waals surface area (Å²) in [7, 11) is 1.75. The summed E-state index contributed by atoms with van der Waals surface area (Å²) in [6.45, 7) is 8.13. The normalized spacial score (nSPS) is 17.3. The molecular weight excluding hydrogens is 344 g/mol. The first-order valence-electron chi connectivity index (χ1n) is 9.61. The lowest BCUT2D eigenvalue weighted by Gasteiger charge is -2.35. The third-order valence-electron chi connectivity index (χ3n) is 4.43. The van der Waals surface area contributed by atoms with Crippen LogP contribution in [0.5, 0.6) is 0 Å². The number of hydrogen-bond donors (Lipinski definition) is 1. The van der Waals surface area contributed by atoms with Gasteiger partial charge in [-0.15, -0.1) is 0 Å². The zero-order valence-corrected chi connectivity index (χ0v) is 16.9. The number of carbonyl (C=O) groups excluding carboxylic acids is 2. The van der Waals surface area contributed by atoms with Crippen molar-refractivity contribution in [2.45, 2.75) is 45.6 Å². The predicted octanol–water partition coefficient (Wildman–Crippen LogP) is 2.91. The molecule has 0 aromatic carbocycles. The number of carbonyl (C=O) groups is 2. The van der Waals surface area contributed by atoms with Crippen molar-refractivity contribution in [3.05, 3.63) is 30.1 Å². The molecule has 7 nitrogen and oxygen atoms in total. The van der Waals surface area contributed by atoms with Gasteiger partial charge in [0.1, 0.15) is 5.60 Å². The second-order valence-corrected chi connectivity index (χ2v) is 8.12. The molecule has 0 bridgehead atoms. The number of nitrogens with one attached hydrogen (secondary N) is 1. The third kappa shape index (κ3) is 7.45. The number of amides is 3. The van der Waals surface area contributed by atoms with Crippen LogP contribution in [0.15, 0.2) is 24.4 Å². The number of likely N-dealkylation sites (tertiary alicyclic amines) is 1. The van der Waals surface area contributed by atoms with Crippen molar-refractivity contribution < 1.29 is 14.3 Å². The number of hydrogen-bond acceptors (Lipinski definition) is 4. The van der Waals surface area contributed by atoms with E-state index in [1.165, 1.54) is 0 Å². The van der Waals surface area contributed by atoms with Gasteiger partial charge < -0.3 is 19.9 Å². The van der Waals surface area contributed by atoms with Crippen LogP contribution in [0, 0.1) is 5.92 Å². The van der Waals surface area contributed by atoms with E-state index in [2.05, 4.69) is 10.3 Å². The SMILES string of the molecule is CN(CC1CCCN(C(=O)NCCc2ccccn2)C1)C(=O)OC(C)(C)C. The molecule has 1 aromatic rings. The van der Waals surface area contributed by atoms with Gasteiger partial charge in [-0.2, -0.15) is 0 Å². The van der Waals surface area contributed by atoms with E-state index in [1.807, 2.05) is 43.9 Å². The van der Waals surface area contributed by atoms with E-state index in [0.29, 0.717) is 26.1 Å². The number of rotatable bonds is 5. The van der Waals surface area contributed by atoms with E-state index in [9.17, 15) is 9.59 Å². The minimum absolute atomic E-state index is 0.0458. The van der Waals surface area contributed by atoms with Crippen LogP contribution in [0.2, 0.25) is 0 Å². The maximum atomic E-state index is 12.4. The Morgan fingerprint density at radius 2 is 2.15 bits per heavy atom. The lowest BCUT2D eigenvalue weighted by atomic mass is 9.98. The van der Waals surface area contributed by atoms with E-state index < -0.39 is 5.60 Å². The Morgan fingerprint density at radius 3 is 2.81 bits per heavy atom. The fraction of sp³-hybridized carbons (Fsp3) is 0.650. The minimum Gasteiger partial charge on any atom is -0.444 e. The molecule has 150 valence electrons. The van der Waals surface area contributed by atoms with Gasteiger partial charge >= 0.3 is 12.1 Å². The van der Waals surface area contributed by atoms with Crippen LogP contribution < -0.4 is 5.32 Å². The average molecular weight is 377 g/mol. The fourth-order valence-electron chi connectivity index (χ4n) is 3.16. The van der Waals surface area contributed by atoms with Crippen LogP contribution in [0.1, 0.15) is 39.3 Å². The first-order chi connectivity index (χ1) is 12.7. The van der Waals surface area contributed by atoms with Crippen molar-refractivity contribution in [1.29, 1.82) is 0 Å². The van der Waals surface area contributed by atoms with Crippen molar-refractivity contribution >= 4 is 12.1 Å². The highest BCUT2D eigenvalue weighted by molar-refractivity contribution is 5.74. The number of pyridine rings is 1. The summed E-state index contributed by atoms with van der Waals surface area (Å²) >= 11 is 0. The molecule has 1 aliphatic heterocycles. The van der Waals surface area contributed by atoms with Gasteiger partial charge in [0.15, 0.2) is 0 Å². The van der Waals surface area contributed by atoms with Gasteiger partial charge in [0.05, 0.1) is 0 Å². The highest BCUT2D eigenvalue weighted by Gasteiger charge is 2.27. The number of nitrogens with zero attached hydrogens (tertiary/aromatic N) is 3. The zero-order chi connectivity index (χ0) is 19.9. The minimum atomic E-state index is -0.503. The Bertz CT molecular complexity index is 615. The molecule has 1 aromatic heterocycles. The molecule has 0 radical (unpaired) electrons. The van der Waals surface area contributed by atoms with E-state index in [1.54, 1.807) is 18.1 Å². The molecule has 0 spiro atoms. The average Bonchev–Trinajstić information content (AvgIpc) is 2.61. The van der Waals surface area contributed by atoms with Crippen molar-refractivity contribution in [3.63, 3.8) is 0 Å². The van der Waals surface area contributed by atoms with Gasteiger partial charge in [-0.05, 0) is 51.7 Å². The summed E-state index contributed by atoms with van der Waals surface area (Å²) in [6.07, 6.45) is 4.10. The molecule has 1 saturated heterocycles. The van der Waals surface area contributed by atoms with E-state index in [-0.39, 0.29) is 18.0 Å². The van der Waals surface area contributed by atoms with Crippen molar-refractivity contribution in [2.24, 2.45) is 5.92 Å². The van der Waals surface area contributed by atoms with Gasteiger partial charge in [-0.3, -0.25) is 4.98 Å². The van der Waals surface area contributed by atoms with Crippen LogP contribution in [-0.2, 0) is 11.2 Å². The highest BCUT2D eigenvalue weighted by Crippen LogP contribution is 2.18. The second kappa shape index (κ2) is 9.58. The summed E-state index contributed by atoms with van der Waals surface area (Å²) < 4.78 is 5.40. The van der Waals surface area contributed by atoms with Crippen LogP contribution in [0.4, 0.5) is 9.59 Å². The van der Waals surface area contributed by atoms with Gasteiger partial charge in [0.25, 0.3) is 0 Å². The number of ether oxygens (including phenoxy) is 1. The summed E-state index contributed by atoms with van der Waals surface area (Å²) in [6, 6.07) is 5.73. The molecular formula is C20H32N4O3. The van der Waals surface area contributed by atoms with Crippen molar-refractivity contribution in [3.8, 4) is 0 Å². The van der Waals surface area contributed by atoms with E-state index in [0.717, 1.165) is 25.1 Å². The maximum Gasteiger partial charge on any atom is 0.410 e. The van der Waals surface area contributed by atoms with Crippen molar-refractivity contribution in [2.75, 3.05) is 33.2 Å². The monoisotopic (exact) mass is 376 g/mol. The topological polar surface area (TPSA) is 74.8 Å². The Balaban J connectivity index is 1.75. The first-order valence-corrected chi connectivity index (χ1v) is 9.61. The predicted molar refractivity (Wildman–Crippen MR) is 105 cm³/mol. The van der Waals surface area contributed by atoms with Gasteiger partial charge in [0.2, 0.25) is 0 Å². The first kappa shape index (κ1) is 21.0. The number of urea groups is 1. The smallest absolute Gasteiger partial charge is 0.410 e. The molecule has 0 aliphatic carbocycles. The van der Waals surface area contributed by atoms with E-state index >= 15 is 0 Å².